The van der Waals surface area contributed by atoms with Crippen LogP contribution in [0.5, 0.6) is 0 Å². The molecule has 1 aliphatic heterocycles. The maximum Gasteiger partial charge on any atom is 0.315 e. The van der Waals surface area contributed by atoms with Crippen LogP contribution in [0.15, 0.2) is 18.2 Å². The highest BCUT2D eigenvalue weighted by Crippen LogP contribution is 2.41. The maximum absolute atomic E-state index is 11.3. The predicted octanol–water partition coefficient (Wildman–Crippen LogP) is 2.62. The molecule has 1 saturated heterocycles. The number of benzene rings is 1. The molecule has 20 heavy (non-hydrogen) atoms. The fourth-order valence-corrected chi connectivity index (χ4v) is 2.91. The Bertz CT molecular complexity index is 516. The second-order valence-electron chi connectivity index (χ2n) is 5.42. The molecule has 1 saturated carbocycles. The van der Waals surface area contributed by atoms with Crippen molar-refractivity contribution >= 4 is 17.1 Å². The fourth-order valence-electron chi connectivity index (χ4n) is 2.91. The van der Waals surface area contributed by atoms with Crippen LogP contribution in [0.3, 0.4) is 0 Å². The monoisotopic (exact) mass is 277 g/mol. The molecule has 0 amide bonds. The van der Waals surface area contributed by atoms with Gasteiger partial charge in [0.1, 0.15) is 11.4 Å². The van der Waals surface area contributed by atoms with Crippen LogP contribution in [0.25, 0.3) is 0 Å². The van der Waals surface area contributed by atoms with Crippen molar-refractivity contribution in [3.05, 3.63) is 28.3 Å². The normalized spacial score (nSPS) is 25.4. The molecule has 1 heterocycles. The number of nitro benzene ring substituents is 1. The first-order chi connectivity index (χ1) is 9.70. The zero-order valence-electron chi connectivity index (χ0n) is 11.5. The number of hydrogen-bond acceptors (Lipinski definition) is 5. The Kier molecular flexibility index (Phi) is 3.48. The van der Waals surface area contributed by atoms with Crippen molar-refractivity contribution in [2.75, 3.05) is 24.3 Å². The number of para-hydroxylation sites is 1. The van der Waals surface area contributed by atoms with Gasteiger partial charge in [-0.05, 0) is 37.3 Å². The lowest BCUT2D eigenvalue weighted by molar-refractivity contribution is -0.383. The Morgan fingerprint density at radius 2 is 2.05 bits per heavy atom. The fraction of sp³-hybridized carbons (Fsp3) is 0.571. The molecule has 1 aliphatic carbocycles. The number of nitro groups is 1. The van der Waals surface area contributed by atoms with Crippen LogP contribution in [0, 0.1) is 16.0 Å². The summed E-state index contributed by atoms with van der Waals surface area (Å²) in [6.45, 7) is 0.734. The van der Waals surface area contributed by atoms with E-state index in [0.29, 0.717) is 17.3 Å². The summed E-state index contributed by atoms with van der Waals surface area (Å²) >= 11 is 0. The van der Waals surface area contributed by atoms with Gasteiger partial charge >= 0.3 is 5.69 Å². The van der Waals surface area contributed by atoms with E-state index in [-0.39, 0.29) is 22.8 Å². The Labute approximate surface area is 117 Å². The molecule has 1 aromatic rings. The van der Waals surface area contributed by atoms with E-state index in [0.717, 1.165) is 13.0 Å². The van der Waals surface area contributed by atoms with E-state index in [4.69, 9.17) is 4.74 Å². The third-order valence-corrected chi connectivity index (χ3v) is 4.05. The molecule has 1 aromatic carbocycles. The predicted molar refractivity (Wildman–Crippen MR) is 77.1 cm³/mol. The summed E-state index contributed by atoms with van der Waals surface area (Å²) in [6.07, 6.45) is 3.53. The van der Waals surface area contributed by atoms with Gasteiger partial charge in [0.25, 0.3) is 0 Å². The topological polar surface area (TPSA) is 76.4 Å². The molecule has 0 aromatic heterocycles. The first kappa shape index (κ1) is 13.2. The summed E-state index contributed by atoms with van der Waals surface area (Å²) in [5.74, 6) is 0.626. The van der Waals surface area contributed by atoms with Gasteiger partial charge in [0.15, 0.2) is 0 Å². The van der Waals surface area contributed by atoms with Crippen LogP contribution in [-0.2, 0) is 4.74 Å². The van der Waals surface area contributed by atoms with Gasteiger partial charge in [-0.2, -0.15) is 0 Å². The van der Waals surface area contributed by atoms with E-state index >= 15 is 0 Å². The molecule has 2 unspecified atom stereocenters. The smallest absolute Gasteiger partial charge is 0.315 e. The molecule has 0 bridgehead atoms. The van der Waals surface area contributed by atoms with Gasteiger partial charge in [0.2, 0.25) is 0 Å². The number of anilines is 2. The van der Waals surface area contributed by atoms with Crippen molar-refractivity contribution < 1.29 is 9.66 Å². The summed E-state index contributed by atoms with van der Waals surface area (Å²) in [5, 5.41) is 17.5. The highest BCUT2D eigenvalue weighted by atomic mass is 16.6. The van der Waals surface area contributed by atoms with Crippen molar-refractivity contribution in [2.24, 2.45) is 5.92 Å². The molecule has 2 N–H and O–H groups in total. The SMILES string of the molecule is CNc1cccc(NC2CCOC2C2CC2)c1[N+](=O)[O-]. The largest absolute Gasteiger partial charge is 0.382 e. The summed E-state index contributed by atoms with van der Waals surface area (Å²) in [6, 6.07) is 5.48. The van der Waals surface area contributed by atoms with Gasteiger partial charge < -0.3 is 15.4 Å². The Hall–Kier alpha value is -1.82. The van der Waals surface area contributed by atoms with Crippen molar-refractivity contribution in [3.63, 3.8) is 0 Å². The number of rotatable bonds is 5. The van der Waals surface area contributed by atoms with Crippen LogP contribution in [0.4, 0.5) is 17.1 Å². The summed E-state index contributed by atoms with van der Waals surface area (Å²) in [5.41, 5.74) is 1.21. The molecule has 2 fully saturated rings. The Balaban J connectivity index is 1.84. The quantitative estimate of drug-likeness (QED) is 0.639. The second kappa shape index (κ2) is 5.28. The van der Waals surface area contributed by atoms with Crippen LogP contribution in [-0.4, -0.2) is 30.7 Å². The van der Waals surface area contributed by atoms with E-state index in [1.807, 2.05) is 6.07 Å². The minimum atomic E-state index is -0.337. The maximum atomic E-state index is 11.3. The highest BCUT2D eigenvalue weighted by molar-refractivity contribution is 5.76. The molecule has 6 heteroatoms. The van der Waals surface area contributed by atoms with Gasteiger partial charge in [0.05, 0.1) is 17.1 Å². The van der Waals surface area contributed by atoms with Gasteiger partial charge in [-0.25, -0.2) is 0 Å². The van der Waals surface area contributed by atoms with Crippen molar-refractivity contribution in [2.45, 2.75) is 31.4 Å². The number of nitrogens with one attached hydrogen (secondary N) is 2. The Morgan fingerprint density at radius 3 is 2.70 bits per heavy atom. The van der Waals surface area contributed by atoms with Gasteiger partial charge in [-0.15, -0.1) is 0 Å². The lowest BCUT2D eigenvalue weighted by Crippen LogP contribution is -2.31. The van der Waals surface area contributed by atoms with Crippen LogP contribution >= 0.6 is 0 Å². The van der Waals surface area contributed by atoms with Crippen LogP contribution < -0.4 is 10.6 Å². The molecule has 6 nitrogen and oxygen atoms in total. The minimum absolute atomic E-state index is 0.108. The van der Waals surface area contributed by atoms with Crippen molar-refractivity contribution in [1.29, 1.82) is 0 Å². The Morgan fingerprint density at radius 1 is 1.30 bits per heavy atom. The highest BCUT2D eigenvalue weighted by Gasteiger charge is 2.41. The molecule has 0 radical (unpaired) electrons. The molecule has 108 valence electrons. The molecule has 0 spiro atoms. The first-order valence-electron chi connectivity index (χ1n) is 7.04. The zero-order valence-corrected chi connectivity index (χ0v) is 11.5. The number of hydrogen-bond donors (Lipinski definition) is 2. The molecule has 2 atom stereocenters. The third-order valence-electron chi connectivity index (χ3n) is 4.05. The van der Waals surface area contributed by atoms with Gasteiger partial charge in [-0.1, -0.05) is 6.07 Å². The molecular weight excluding hydrogens is 258 g/mol. The van der Waals surface area contributed by atoms with Crippen LogP contribution in [0.1, 0.15) is 19.3 Å². The second-order valence-corrected chi connectivity index (χ2v) is 5.42. The molecule has 2 aliphatic rings. The van der Waals surface area contributed by atoms with E-state index < -0.39 is 0 Å². The van der Waals surface area contributed by atoms with E-state index in [9.17, 15) is 10.1 Å². The standard InChI is InChI=1S/C14H19N3O3/c1-15-10-3-2-4-11(13(10)17(18)19)16-12-7-8-20-14(12)9-5-6-9/h2-4,9,12,14-16H,5-8H2,1H3. The lowest BCUT2D eigenvalue weighted by Gasteiger charge is -2.21. The van der Waals surface area contributed by atoms with Crippen molar-refractivity contribution in [1.82, 2.24) is 0 Å². The zero-order chi connectivity index (χ0) is 14.1. The average Bonchev–Trinajstić information content (AvgIpc) is 3.18. The van der Waals surface area contributed by atoms with E-state index in [2.05, 4.69) is 10.6 Å². The first-order valence-corrected chi connectivity index (χ1v) is 7.04. The minimum Gasteiger partial charge on any atom is -0.382 e. The van der Waals surface area contributed by atoms with Gasteiger partial charge in [-0.3, -0.25) is 10.1 Å². The van der Waals surface area contributed by atoms with E-state index in [1.165, 1.54) is 12.8 Å². The van der Waals surface area contributed by atoms with Crippen molar-refractivity contribution in [3.8, 4) is 0 Å². The van der Waals surface area contributed by atoms with E-state index in [1.54, 1.807) is 19.2 Å². The van der Waals surface area contributed by atoms with Crippen LogP contribution in [0.2, 0.25) is 0 Å². The number of nitrogens with zero attached hydrogens (tertiary/aromatic N) is 1. The lowest BCUT2D eigenvalue weighted by atomic mass is 10.1. The molecular formula is C14H19N3O3. The molecule has 3 rings (SSSR count). The summed E-state index contributed by atoms with van der Waals surface area (Å²) in [4.78, 5) is 11.0. The average molecular weight is 277 g/mol. The summed E-state index contributed by atoms with van der Waals surface area (Å²) in [7, 11) is 1.69. The summed E-state index contributed by atoms with van der Waals surface area (Å²) < 4.78 is 5.77. The number of ether oxygens (including phenoxy) is 1. The van der Waals surface area contributed by atoms with Gasteiger partial charge in [0, 0.05) is 13.7 Å². The third kappa shape index (κ3) is 2.43.